The van der Waals surface area contributed by atoms with E-state index in [1.165, 1.54) is 32.2 Å². The van der Waals surface area contributed by atoms with Gasteiger partial charge in [-0.3, -0.25) is 4.90 Å². The van der Waals surface area contributed by atoms with Crippen LogP contribution in [-0.4, -0.2) is 67.4 Å². The number of hydrogen-bond acceptors (Lipinski definition) is 6. The zero-order valence-corrected chi connectivity index (χ0v) is 13.3. The number of anilines is 2. The lowest BCUT2D eigenvalue weighted by molar-refractivity contribution is 0.0373. The Morgan fingerprint density at radius 2 is 1.86 bits per heavy atom. The molecule has 0 atom stereocenters. The van der Waals surface area contributed by atoms with Crippen LogP contribution in [0.15, 0.2) is 12.4 Å². The van der Waals surface area contributed by atoms with Gasteiger partial charge in [0.2, 0.25) is 0 Å². The van der Waals surface area contributed by atoms with E-state index < -0.39 is 0 Å². The van der Waals surface area contributed by atoms with Crippen LogP contribution in [-0.2, 0) is 4.74 Å². The Bertz CT molecular complexity index is 444. The summed E-state index contributed by atoms with van der Waals surface area (Å²) in [7, 11) is 0. The number of ether oxygens (including phenoxy) is 1. The normalized spacial score (nSPS) is 19.5. The summed E-state index contributed by atoms with van der Waals surface area (Å²) < 4.78 is 5.37. The highest BCUT2D eigenvalue weighted by Crippen LogP contribution is 2.19. The monoisotopic (exact) mass is 305 g/mol. The second-order valence-electron chi connectivity index (χ2n) is 6.04. The lowest BCUT2D eigenvalue weighted by Gasteiger charge is -2.26. The summed E-state index contributed by atoms with van der Waals surface area (Å²) in [5.74, 6) is 2.01. The first-order valence-corrected chi connectivity index (χ1v) is 8.53. The Balaban J connectivity index is 1.35. The topological polar surface area (TPSA) is 53.5 Å². The molecule has 1 aromatic rings. The van der Waals surface area contributed by atoms with E-state index >= 15 is 0 Å². The zero-order valence-electron chi connectivity index (χ0n) is 13.3. The smallest absolute Gasteiger partial charge is 0.134 e. The fourth-order valence-corrected chi connectivity index (χ4v) is 3.06. The van der Waals surface area contributed by atoms with Crippen LogP contribution in [0.2, 0.25) is 0 Å². The summed E-state index contributed by atoms with van der Waals surface area (Å²) in [6.45, 7) is 8.33. The van der Waals surface area contributed by atoms with Crippen LogP contribution in [0.25, 0.3) is 0 Å². The van der Waals surface area contributed by atoms with Gasteiger partial charge in [-0.25, -0.2) is 9.97 Å². The number of aromatic nitrogens is 2. The van der Waals surface area contributed by atoms with E-state index in [0.29, 0.717) is 0 Å². The van der Waals surface area contributed by atoms with Gasteiger partial charge < -0.3 is 15.0 Å². The second kappa shape index (κ2) is 8.29. The van der Waals surface area contributed by atoms with E-state index in [1.807, 2.05) is 0 Å². The molecule has 3 heterocycles. The molecule has 2 saturated heterocycles. The number of nitrogens with zero attached hydrogens (tertiary/aromatic N) is 4. The lowest BCUT2D eigenvalue weighted by atomic mass is 10.2. The first-order valence-electron chi connectivity index (χ1n) is 8.53. The van der Waals surface area contributed by atoms with Crippen molar-refractivity contribution in [2.45, 2.75) is 25.7 Å². The summed E-state index contributed by atoms with van der Waals surface area (Å²) in [5.41, 5.74) is 0. The molecule has 0 saturated carbocycles. The van der Waals surface area contributed by atoms with Crippen molar-refractivity contribution in [1.29, 1.82) is 0 Å². The number of hydrogen-bond donors (Lipinski definition) is 1. The molecule has 3 rings (SSSR count). The minimum atomic E-state index is 0.887. The molecule has 0 bridgehead atoms. The largest absolute Gasteiger partial charge is 0.379 e. The third-order valence-electron chi connectivity index (χ3n) is 4.39. The number of unbranched alkanes of at least 4 members (excludes halogenated alkanes) is 1. The first kappa shape index (κ1) is 15.5. The van der Waals surface area contributed by atoms with Crippen LogP contribution in [0.1, 0.15) is 25.7 Å². The summed E-state index contributed by atoms with van der Waals surface area (Å²) in [4.78, 5) is 13.5. The Labute approximate surface area is 132 Å². The van der Waals surface area contributed by atoms with Gasteiger partial charge in [0.25, 0.3) is 0 Å². The van der Waals surface area contributed by atoms with Gasteiger partial charge in [-0.15, -0.1) is 0 Å². The number of nitrogens with one attached hydrogen (secondary N) is 1. The number of rotatable bonds is 7. The zero-order chi connectivity index (χ0) is 15.0. The molecule has 6 heteroatoms. The van der Waals surface area contributed by atoms with Crippen molar-refractivity contribution >= 4 is 11.6 Å². The molecule has 0 aliphatic carbocycles. The maximum Gasteiger partial charge on any atom is 0.134 e. The number of morpholine rings is 1. The van der Waals surface area contributed by atoms with Crippen molar-refractivity contribution in [3.63, 3.8) is 0 Å². The predicted octanol–water partition coefficient (Wildman–Crippen LogP) is 1.60. The predicted molar refractivity (Wildman–Crippen MR) is 88.5 cm³/mol. The Morgan fingerprint density at radius 1 is 1.05 bits per heavy atom. The highest BCUT2D eigenvalue weighted by Gasteiger charge is 2.14. The van der Waals surface area contributed by atoms with E-state index in [0.717, 1.165) is 57.6 Å². The van der Waals surface area contributed by atoms with Gasteiger partial charge in [-0.1, -0.05) is 0 Å². The molecule has 0 spiro atoms. The van der Waals surface area contributed by atoms with Crippen LogP contribution in [0.5, 0.6) is 0 Å². The van der Waals surface area contributed by atoms with Gasteiger partial charge in [-0.05, 0) is 32.2 Å². The van der Waals surface area contributed by atoms with Gasteiger partial charge in [0, 0.05) is 38.8 Å². The highest BCUT2D eigenvalue weighted by molar-refractivity contribution is 5.48. The van der Waals surface area contributed by atoms with Gasteiger partial charge in [-0.2, -0.15) is 0 Å². The molecule has 22 heavy (non-hydrogen) atoms. The average molecular weight is 305 g/mol. The van der Waals surface area contributed by atoms with E-state index in [-0.39, 0.29) is 0 Å². The van der Waals surface area contributed by atoms with Crippen molar-refractivity contribution < 1.29 is 4.74 Å². The van der Waals surface area contributed by atoms with Gasteiger partial charge >= 0.3 is 0 Å². The van der Waals surface area contributed by atoms with Crippen LogP contribution in [0, 0.1) is 0 Å². The Hall–Kier alpha value is -1.40. The third kappa shape index (κ3) is 4.55. The maximum absolute atomic E-state index is 5.37. The van der Waals surface area contributed by atoms with Crippen molar-refractivity contribution in [3.05, 3.63) is 12.4 Å². The third-order valence-corrected chi connectivity index (χ3v) is 4.39. The molecule has 1 aromatic heterocycles. The molecule has 0 unspecified atom stereocenters. The molecule has 122 valence electrons. The summed E-state index contributed by atoms with van der Waals surface area (Å²) in [6, 6.07) is 2.08. The van der Waals surface area contributed by atoms with E-state index in [2.05, 4.69) is 31.2 Å². The lowest BCUT2D eigenvalue weighted by Crippen LogP contribution is -2.36. The Kier molecular flexibility index (Phi) is 5.84. The van der Waals surface area contributed by atoms with Crippen LogP contribution < -0.4 is 10.2 Å². The minimum absolute atomic E-state index is 0.887. The average Bonchev–Trinajstić information content (AvgIpc) is 3.10. The van der Waals surface area contributed by atoms with E-state index in [9.17, 15) is 0 Å². The second-order valence-corrected chi connectivity index (χ2v) is 6.04. The van der Waals surface area contributed by atoms with Crippen LogP contribution >= 0.6 is 0 Å². The molecule has 0 amide bonds. The van der Waals surface area contributed by atoms with Gasteiger partial charge in [0.15, 0.2) is 0 Å². The standard InChI is InChI=1S/C16H27N5O/c1(2-6-20-9-11-22-12-10-20)5-17-15-13-16(19-14-18-15)21-7-3-4-8-21/h13-14H,1-12H2,(H,17,18,19). The minimum Gasteiger partial charge on any atom is -0.379 e. The van der Waals surface area contributed by atoms with E-state index in [1.54, 1.807) is 6.33 Å². The molecule has 0 aromatic carbocycles. The van der Waals surface area contributed by atoms with Crippen LogP contribution in [0.3, 0.4) is 0 Å². The molecular weight excluding hydrogens is 278 g/mol. The van der Waals surface area contributed by atoms with Crippen LogP contribution in [0.4, 0.5) is 11.6 Å². The first-order chi connectivity index (χ1) is 10.9. The molecular formula is C16H27N5O. The molecule has 1 N–H and O–H groups in total. The van der Waals surface area contributed by atoms with E-state index in [4.69, 9.17) is 4.74 Å². The van der Waals surface area contributed by atoms with Crippen molar-refractivity contribution in [2.75, 3.05) is 62.7 Å². The SMILES string of the molecule is c1nc(NCCCCN2CCOCC2)cc(N2CCCC2)n1. The molecule has 0 radical (unpaired) electrons. The van der Waals surface area contributed by atoms with Crippen molar-refractivity contribution in [2.24, 2.45) is 0 Å². The summed E-state index contributed by atoms with van der Waals surface area (Å²) in [5, 5.41) is 3.43. The van der Waals surface area contributed by atoms with Gasteiger partial charge in [0.05, 0.1) is 13.2 Å². The highest BCUT2D eigenvalue weighted by atomic mass is 16.5. The quantitative estimate of drug-likeness (QED) is 0.772. The molecule has 2 fully saturated rings. The maximum atomic E-state index is 5.37. The van der Waals surface area contributed by atoms with Crippen molar-refractivity contribution in [3.8, 4) is 0 Å². The summed E-state index contributed by atoms with van der Waals surface area (Å²) in [6.07, 6.45) is 6.60. The molecule has 2 aliphatic heterocycles. The fraction of sp³-hybridized carbons (Fsp3) is 0.750. The molecule has 2 aliphatic rings. The fourth-order valence-electron chi connectivity index (χ4n) is 3.06. The summed E-state index contributed by atoms with van der Waals surface area (Å²) >= 11 is 0. The van der Waals surface area contributed by atoms with Crippen molar-refractivity contribution in [1.82, 2.24) is 14.9 Å². The Morgan fingerprint density at radius 3 is 2.68 bits per heavy atom. The molecule has 6 nitrogen and oxygen atoms in total. The van der Waals surface area contributed by atoms with Gasteiger partial charge in [0.1, 0.15) is 18.0 Å².